The fourth-order valence-electron chi connectivity index (χ4n) is 2.01. The number of hydrogen-bond acceptors (Lipinski definition) is 9. The average molecular weight is 508 g/mol. The lowest BCUT2D eigenvalue weighted by Crippen LogP contribution is -2.24. The summed E-state index contributed by atoms with van der Waals surface area (Å²) in [7, 11) is 1.00. The third-order valence-corrected chi connectivity index (χ3v) is 4.14. The van der Waals surface area contributed by atoms with Gasteiger partial charge in [-0.3, -0.25) is 19.6 Å². The molecule has 2 aliphatic rings. The lowest BCUT2D eigenvalue weighted by Gasteiger charge is -1.98. The molecule has 0 aromatic heterocycles. The molecular formula is C24H49N3O8. The Morgan fingerprint density at radius 2 is 1.40 bits per heavy atom. The zero-order valence-corrected chi connectivity index (χ0v) is 22.5. The van der Waals surface area contributed by atoms with Crippen LogP contribution >= 0.6 is 0 Å². The van der Waals surface area contributed by atoms with E-state index in [0.717, 1.165) is 39.3 Å². The quantitative estimate of drug-likeness (QED) is 0.0940. The van der Waals surface area contributed by atoms with Gasteiger partial charge in [-0.1, -0.05) is 44.7 Å². The van der Waals surface area contributed by atoms with Gasteiger partial charge in [0, 0.05) is 45.9 Å². The van der Waals surface area contributed by atoms with E-state index in [1.54, 1.807) is 20.8 Å². The molecule has 35 heavy (non-hydrogen) atoms. The van der Waals surface area contributed by atoms with Gasteiger partial charge in [-0.05, 0) is 40.0 Å². The van der Waals surface area contributed by atoms with Gasteiger partial charge in [0.25, 0.3) is 11.8 Å². The molecule has 2 saturated heterocycles. The van der Waals surface area contributed by atoms with E-state index in [4.69, 9.17) is 20.6 Å². The van der Waals surface area contributed by atoms with Crippen molar-refractivity contribution in [1.82, 2.24) is 10.4 Å². The van der Waals surface area contributed by atoms with Gasteiger partial charge in [0.15, 0.2) is 0 Å². The van der Waals surface area contributed by atoms with Crippen molar-refractivity contribution in [2.45, 2.75) is 105 Å². The van der Waals surface area contributed by atoms with Crippen molar-refractivity contribution in [3.05, 3.63) is 0 Å². The van der Waals surface area contributed by atoms with Crippen molar-refractivity contribution < 1.29 is 39.8 Å². The number of oxime groups is 1. The molecule has 0 unspecified atom stereocenters. The smallest absolute Gasteiger partial charge is 0.253 e. The van der Waals surface area contributed by atoms with Crippen molar-refractivity contribution in [2.24, 2.45) is 5.16 Å². The third kappa shape index (κ3) is 36.4. The monoisotopic (exact) mass is 507 g/mol. The van der Waals surface area contributed by atoms with E-state index in [9.17, 15) is 19.2 Å². The van der Waals surface area contributed by atoms with Crippen molar-refractivity contribution in [1.29, 1.82) is 0 Å². The van der Waals surface area contributed by atoms with Gasteiger partial charge in [-0.2, -0.15) is 5.06 Å². The summed E-state index contributed by atoms with van der Waals surface area (Å²) in [5.41, 5.74) is 0.685. The Bertz CT molecular complexity index is 535. The van der Waals surface area contributed by atoms with E-state index in [-0.39, 0.29) is 29.6 Å². The van der Waals surface area contributed by atoms with E-state index >= 15 is 0 Å². The number of carbonyl (C=O) groups is 4. The number of hydrogen-bond donors (Lipinski definition) is 5. The van der Waals surface area contributed by atoms with E-state index in [2.05, 4.69) is 17.4 Å². The van der Waals surface area contributed by atoms with E-state index < -0.39 is 11.8 Å². The number of rotatable bonds is 5. The number of hydroxylamine groups is 2. The lowest BCUT2D eigenvalue weighted by atomic mass is 10.2. The Kier molecular flexibility index (Phi) is 36.0. The molecule has 0 aromatic carbocycles. The second kappa shape index (κ2) is 31.6. The predicted octanol–water partition coefficient (Wildman–Crippen LogP) is 3.21. The van der Waals surface area contributed by atoms with Crippen LogP contribution in [0.25, 0.3) is 0 Å². The third-order valence-electron chi connectivity index (χ3n) is 4.14. The van der Waals surface area contributed by atoms with Crippen molar-refractivity contribution in [3.63, 3.8) is 0 Å². The van der Waals surface area contributed by atoms with Crippen LogP contribution in [0.4, 0.5) is 0 Å². The summed E-state index contributed by atoms with van der Waals surface area (Å²) in [6.07, 6.45) is 9.82. The number of nitrogens with zero attached hydrogens (tertiary/aromatic N) is 2. The highest BCUT2D eigenvalue weighted by Crippen LogP contribution is 2.07. The SMILES string of the molecule is CC(C)=NO.CCC(C)=O.CCCCCCO.CO.O=C1CCC(=O)N1O.O=C1CCCCCN1. The van der Waals surface area contributed by atoms with Crippen molar-refractivity contribution in [3.8, 4) is 0 Å². The van der Waals surface area contributed by atoms with Crippen LogP contribution in [0.2, 0.25) is 0 Å². The Morgan fingerprint density at radius 1 is 0.914 bits per heavy atom. The van der Waals surface area contributed by atoms with Gasteiger partial charge in [-0.15, -0.1) is 0 Å². The predicted molar refractivity (Wildman–Crippen MR) is 135 cm³/mol. The summed E-state index contributed by atoms with van der Waals surface area (Å²) in [5, 5.41) is 37.2. The second-order valence-corrected chi connectivity index (χ2v) is 7.65. The molecule has 5 N–H and O–H groups in total. The number of imide groups is 1. The minimum absolute atomic E-state index is 0.148. The topological polar surface area (TPSA) is 177 Å². The zero-order chi connectivity index (χ0) is 28.1. The highest BCUT2D eigenvalue weighted by Gasteiger charge is 2.26. The normalized spacial score (nSPS) is 13.7. The van der Waals surface area contributed by atoms with Crippen molar-refractivity contribution in [2.75, 3.05) is 20.3 Å². The van der Waals surface area contributed by atoms with Gasteiger partial charge in [0.1, 0.15) is 5.78 Å². The summed E-state index contributed by atoms with van der Waals surface area (Å²) >= 11 is 0. The maximum Gasteiger partial charge on any atom is 0.253 e. The summed E-state index contributed by atoms with van der Waals surface area (Å²) in [6.45, 7) is 10.3. The van der Waals surface area contributed by atoms with Crippen LogP contribution in [0, 0.1) is 0 Å². The average Bonchev–Trinajstić information content (AvgIpc) is 3.02. The molecule has 0 atom stereocenters. The van der Waals surface area contributed by atoms with Crippen LogP contribution in [0.1, 0.15) is 105 Å². The van der Waals surface area contributed by atoms with Gasteiger partial charge in [0.05, 0.1) is 5.71 Å². The van der Waals surface area contributed by atoms with E-state index in [1.165, 1.54) is 25.7 Å². The van der Waals surface area contributed by atoms with Crippen molar-refractivity contribution >= 4 is 29.2 Å². The van der Waals surface area contributed by atoms with E-state index in [1.807, 2.05) is 6.92 Å². The number of unbranched alkanes of at least 4 members (excludes halogenated alkanes) is 3. The molecule has 208 valence electrons. The van der Waals surface area contributed by atoms with Gasteiger partial charge in [0.2, 0.25) is 5.91 Å². The highest BCUT2D eigenvalue weighted by molar-refractivity contribution is 6.00. The molecule has 0 spiro atoms. The van der Waals surface area contributed by atoms with Crippen LogP contribution in [0.3, 0.4) is 0 Å². The molecule has 2 aliphatic heterocycles. The number of carbonyl (C=O) groups excluding carboxylic acids is 4. The molecule has 3 amide bonds. The largest absolute Gasteiger partial charge is 0.411 e. The first-order valence-corrected chi connectivity index (χ1v) is 12.1. The maximum absolute atomic E-state index is 10.6. The summed E-state index contributed by atoms with van der Waals surface area (Å²) in [4.78, 5) is 40.9. The highest BCUT2D eigenvalue weighted by atomic mass is 16.5. The molecular weight excluding hydrogens is 458 g/mol. The molecule has 0 radical (unpaired) electrons. The molecule has 0 aromatic rings. The van der Waals surface area contributed by atoms with Crippen LogP contribution in [-0.2, 0) is 19.2 Å². The number of Topliss-reactive ketones (excluding diaryl/α,β-unsaturated/α-hetero) is 1. The molecule has 0 aliphatic carbocycles. The number of nitrogens with one attached hydrogen (secondary N) is 1. The first kappa shape index (κ1) is 39.8. The minimum Gasteiger partial charge on any atom is -0.411 e. The molecule has 2 rings (SSSR count). The Morgan fingerprint density at radius 3 is 1.71 bits per heavy atom. The van der Waals surface area contributed by atoms with E-state index in [0.29, 0.717) is 18.7 Å². The van der Waals surface area contributed by atoms with Crippen LogP contribution in [0.5, 0.6) is 0 Å². The summed E-state index contributed by atoms with van der Waals surface area (Å²) in [6, 6.07) is 0. The number of amides is 3. The fourth-order valence-corrected chi connectivity index (χ4v) is 2.01. The van der Waals surface area contributed by atoms with Crippen LogP contribution < -0.4 is 5.32 Å². The summed E-state index contributed by atoms with van der Waals surface area (Å²) in [5.74, 6) is -0.530. The number of aliphatic hydroxyl groups excluding tert-OH is 2. The minimum atomic E-state index is -0.505. The number of ketones is 1. The number of aliphatic hydroxyl groups is 2. The first-order chi connectivity index (χ1) is 16.6. The molecule has 0 bridgehead atoms. The Balaban J connectivity index is -0.000000171. The molecule has 2 fully saturated rings. The standard InChI is InChI=1S/C6H11NO.C6H14O.C4H5NO3.C4H8O.C3H7NO.CH4O/c8-6-4-2-1-3-5-7-6;1-2-3-4-5-6-7;6-3-1-2-4(7)5(3)8;1-3-4(2)5;1-3(2)4-5;1-2/h1-5H2,(H,7,8);7H,2-6H2,1H3;8H,1-2H2;3H2,1-2H3;5H,1-2H3;2H,1H3. The zero-order valence-electron chi connectivity index (χ0n) is 22.5. The lowest BCUT2D eigenvalue weighted by molar-refractivity contribution is -0.171. The van der Waals surface area contributed by atoms with Crippen LogP contribution in [0.15, 0.2) is 5.16 Å². The molecule has 0 saturated carbocycles. The molecule has 2 heterocycles. The molecule has 11 nitrogen and oxygen atoms in total. The Labute approximate surface area is 210 Å². The van der Waals surface area contributed by atoms with Gasteiger partial charge in [-0.25, -0.2) is 0 Å². The van der Waals surface area contributed by atoms with Gasteiger partial charge < -0.3 is 25.5 Å². The Hall–Kier alpha value is -2.37. The summed E-state index contributed by atoms with van der Waals surface area (Å²) < 4.78 is 0. The first-order valence-electron chi connectivity index (χ1n) is 12.1. The second-order valence-electron chi connectivity index (χ2n) is 7.65. The molecule has 11 heteroatoms. The van der Waals surface area contributed by atoms with Gasteiger partial charge >= 0.3 is 0 Å². The van der Waals surface area contributed by atoms with Crippen LogP contribution in [-0.4, -0.2) is 75.2 Å². The fraction of sp³-hybridized carbons (Fsp3) is 0.792. The maximum atomic E-state index is 10.6.